The van der Waals surface area contributed by atoms with Gasteiger partial charge in [0.1, 0.15) is 5.75 Å². The van der Waals surface area contributed by atoms with Crippen molar-refractivity contribution >= 4 is 11.6 Å². The number of halogens is 1. The molecule has 0 unspecified atom stereocenters. The summed E-state index contributed by atoms with van der Waals surface area (Å²) in [5.41, 5.74) is 3.73. The van der Waals surface area contributed by atoms with Crippen LogP contribution in [0.4, 0.5) is 0 Å². The fourth-order valence-electron chi connectivity index (χ4n) is 2.64. The Bertz CT molecular complexity index is 914. The van der Waals surface area contributed by atoms with E-state index in [0.717, 1.165) is 28.1 Å². The van der Waals surface area contributed by atoms with Crippen molar-refractivity contribution in [1.82, 2.24) is 4.57 Å². The van der Waals surface area contributed by atoms with Gasteiger partial charge in [-0.05, 0) is 66.9 Å². The molecule has 24 heavy (non-hydrogen) atoms. The molecule has 3 aromatic rings. The van der Waals surface area contributed by atoms with Crippen molar-refractivity contribution in [2.24, 2.45) is 0 Å². The van der Waals surface area contributed by atoms with Crippen molar-refractivity contribution in [3.8, 4) is 22.6 Å². The zero-order chi connectivity index (χ0) is 17.1. The molecule has 0 N–H and O–H groups in total. The molecule has 3 nitrogen and oxygen atoms in total. The van der Waals surface area contributed by atoms with Gasteiger partial charge in [0, 0.05) is 17.3 Å². The minimum Gasteiger partial charge on any atom is -0.494 e. The number of hydrogen-bond donors (Lipinski definition) is 0. The van der Waals surface area contributed by atoms with Crippen LogP contribution in [0.3, 0.4) is 0 Å². The van der Waals surface area contributed by atoms with Crippen molar-refractivity contribution < 1.29 is 4.74 Å². The van der Waals surface area contributed by atoms with Crippen LogP contribution in [-0.4, -0.2) is 11.2 Å². The van der Waals surface area contributed by atoms with E-state index in [1.165, 1.54) is 0 Å². The van der Waals surface area contributed by atoms with E-state index in [-0.39, 0.29) is 5.56 Å². The van der Waals surface area contributed by atoms with Crippen molar-refractivity contribution in [1.29, 1.82) is 0 Å². The van der Waals surface area contributed by atoms with Gasteiger partial charge in [-0.3, -0.25) is 9.36 Å². The summed E-state index contributed by atoms with van der Waals surface area (Å²) < 4.78 is 7.17. The van der Waals surface area contributed by atoms with Gasteiger partial charge in [-0.25, -0.2) is 0 Å². The summed E-state index contributed by atoms with van der Waals surface area (Å²) in [5, 5.41) is 0.689. The summed E-state index contributed by atoms with van der Waals surface area (Å²) in [6, 6.07) is 16.7. The molecule has 0 spiro atoms. The maximum atomic E-state index is 12.3. The zero-order valence-corrected chi connectivity index (χ0v) is 14.4. The van der Waals surface area contributed by atoms with Crippen LogP contribution in [0.15, 0.2) is 65.6 Å². The van der Waals surface area contributed by atoms with Crippen LogP contribution in [0, 0.1) is 6.92 Å². The van der Waals surface area contributed by atoms with Gasteiger partial charge in [-0.1, -0.05) is 23.7 Å². The molecule has 0 aliphatic carbocycles. The van der Waals surface area contributed by atoms with E-state index in [4.69, 9.17) is 16.3 Å². The fraction of sp³-hybridized carbons (Fsp3) is 0.150. The van der Waals surface area contributed by atoms with Crippen molar-refractivity contribution in [3.05, 3.63) is 81.7 Å². The number of nitrogens with zero attached hydrogens (tertiary/aromatic N) is 1. The first-order chi connectivity index (χ1) is 11.6. The lowest BCUT2D eigenvalue weighted by molar-refractivity contribution is 0.340. The van der Waals surface area contributed by atoms with Crippen LogP contribution in [0.2, 0.25) is 5.02 Å². The third kappa shape index (κ3) is 3.36. The second kappa shape index (κ2) is 6.93. The lowest BCUT2D eigenvalue weighted by atomic mass is 10.1. The Morgan fingerprint density at radius 2 is 1.71 bits per heavy atom. The molecule has 0 saturated heterocycles. The summed E-state index contributed by atoms with van der Waals surface area (Å²) >= 11 is 5.95. The first-order valence-corrected chi connectivity index (χ1v) is 8.19. The summed E-state index contributed by atoms with van der Waals surface area (Å²) in [6.45, 7) is 4.54. The van der Waals surface area contributed by atoms with Gasteiger partial charge in [0.05, 0.1) is 12.3 Å². The molecule has 0 radical (unpaired) electrons. The van der Waals surface area contributed by atoms with Crippen molar-refractivity contribution in [3.63, 3.8) is 0 Å². The van der Waals surface area contributed by atoms with E-state index in [1.807, 2.05) is 68.6 Å². The summed E-state index contributed by atoms with van der Waals surface area (Å²) in [4.78, 5) is 12.3. The topological polar surface area (TPSA) is 31.2 Å². The largest absolute Gasteiger partial charge is 0.494 e. The van der Waals surface area contributed by atoms with Gasteiger partial charge in [0.15, 0.2) is 0 Å². The standard InChI is InChI=1S/C20H18ClNO2/c1-3-24-18-9-10-19(14(2)12-18)22-13-16(6-11-20(22)23)15-4-7-17(21)8-5-15/h4-13H,3H2,1-2H3. The van der Waals surface area contributed by atoms with E-state index in [0.29, 0.717) is 11.6 Å². The monoisotopic (exact) mass is 339 g/mol. The summed E-state index contributed by atoms with van der Waals surface area (Å²) in [5.74, 6) is 0.806. The first-order valence-electron chi connectivity index (χ1n) is 7.81. The molecule has 0 fully saturated rings. The quantitative estimate of drug-likeness (QED) is 0.679. The smallest absolute Gasteiger partial charge is 0.255 e. The van der Waals surface area contributed by atoms with E-state index in [2.05, 4.69) is 0 Å². The molecule has 122 valence electrons. The Kier molecular flexibility index (Phi) is 4.72. The highest BCUT2D eigenvalue weighted by Crippen LogP contribution is 2.23. The van der Waals surface area contributed by atoms with Gasteiger partial charge in [0.25, 0.3) is 5.56 Å². The van der Waals surface area contributed by atoms with Crippen LogP contribution in [-0.2, 0) is 0 Å². The average Bonchev–Trinajstić information content (AvgIpc) is 2.57. The molecule has 2 aromatic carbocycles. The van der Waals surface area contributed by atoms with Gasteiger partial charge in [0.2, 0.25) is 0 Å². The fourth-order valence-corrected chi connectivity index (χ4v) is 2.77. The van der Waals surface area contributed by atoms with Gasteiger partial charge in [-0.2, -0.15) is 0 Å². The number of hydrogen-bond acceptors (Lipinski definition) is 2. The molecule has 4 heteroatoms. The first kappa shape index (κ1) is 16.3. The number of benzene rings is 2. The maximum absolute atomic E-state index is 12.3. The predicted octanol–water partition coefficient (Wildman–Crippen LogP) is 4.87. The minimum absolute atomic E-state index is 0.0695. The zero-order valence-electron chi connectivity index (χ0n) is 13.6. The maximum Gasteiger partial charge on any atom is 0.255 e. The molecular formula is C20H18ClNO2. The van der Waals surface area contributed by atoms with Crippen molar-refractivity contribution in [2.45, 2.75) is 13.8 Å². The molecule has 3 rings (SSSR count). The highest BCUT2D eigenvalue weighted by atomic mass is 35.5. The van der Waals surface area contributed by atoms with E-state index >= 15 is 0 Å². The second-order valence-corrected chi connectivity index (χ2v) is 5.95. The lowest BCUT2D eigenvalue weighted by Crippen LogP contribution is -2.17. The van der Waals surface area contributed by atoms with Crippen LogP contribution >= 0.6 is 11.6 Å². The van der Waals surface area contributed by atoms with Gasteiger partial charge >= 0.3 is 0 Å². The number of pyridine rings is 1. The third-order valence-electron chi connectivity index (χ3n) is 3.83. The van der Waals surface area contributed by atoms with Gasteiger partial charge < -0.3 is 4.74 Å². The van der Waals surface area contributed by atoms with Crippen LogP contribution in [0.25, 0.3) is 16.8 Å². The predicted molar refractivity (Wildman–Crippen MR) is 98.4 cm³/mol. The van der Waals surface area contributed by atoms with Crippen LogP contribution in [0.1, 0.15) is 12.5 Å². The number of aryl methyl sites for hydroxylation is 1. The molecule has 1 heterocycles. The number of ether oxygens (including phenoxy) is 1. The lowest BCUT2D eigenvalue weighted by Gasteiger charge is -2.13. The summed E-state index contributed by atoms with van der Waals surface area (Å²) in [7, 11) is 0. The third-order valence-corrected chi connectivity index (χ3v) is 4.08. The Morgan fingerprint density at radius 1 is 1.00 bits per heavy atom. The normalized spacial score (nSPS) is 10.6. The van der Waals surface area contributed by atoms with Crippen LogP contribution in [0.5, 0.6) is 5.75 Å². The van der Waals surface area contributed by atoms with E-state index in [1.54, 1.807) is 10.6 Å². The highest BCUT2D eigenvalue weighted by molar-refractivity contribution is 6.30. The number of rotatable bonds is 4. The van der Waals surface area contributed by atoms with E-state index < -0.39 is 0 Å². The Balaban J connectivity index is 2.06. The SMILES string of the molecule is CCOc1ccc(-n2cc(-c3ccc(Cl)cc3)ccc2=O)c(C)c1. The molecular weight excluding hydrogens is 322 g/mol. The molecule has 0 saturated carbocycles. The average molecular weight is 340 g/mol. The molecule has 0 aliphatic rings. The van der Waals surface area contributed by atoms with Gasteiger partial charge in [-0.15, -0.1) is 0 Å². The van der Waals surface area contributed by atoms with E-state index in [9.17, 15) is 4.79 Å². The molecule has 1 aromatic heterocycles. The Hall–Kier alpha value is -2.52. The summed E-state index contributed by atoms with van der Waals surface area (Å²) in [6.07, 6.45) is 1.86. The second-order valence-electron chi connectivity index (χ2n) is 5.51. The Labute approximate surface area is 146 Å². The minimum atomic E-state index is -0.0695. The molecule has 0 bridgehead atoms. The molecule has 0 amide bonds. The molecule has 0 atom stereocenters. The highest BCUT2D eigenvalue weighted by Gasteiger charge is 2.07. The number of aromatic nitrogens is 1. The van der Waals surface area contributed by atoms with Crippen LogP contribution < -0.4 is 10.3 Å². The molecule has 0 aliphatic heterocycles. The van der Waals surface area contributed by atoms with Crippen molar-refractivity contribution in [2.75, 3.05) is 6.61 Å². The Morgan fingerprint density at radius 3 is 2.38 bits per heavy atom.